The Morgan fingerprint density at radius 2 is 1.40 bits per heavy atom. The third-order valence-electron chi connectivity index (χ3n) is 2.52. The molecule has 0 saturated carbocycles. The molecule has 3 heteroatoms. The van der Waals surface area contributed by atoms with E-state index in [-0.39, 0.29) is 0 Å². The SMILES string of the molecule is COCCCCCCCCCCC(F)Br. The zero-order valence-electron chi connectivity index (χ0n) is 9.81. The quantitative estimate of drug-likeness (QED) is 0.389. The molecule has 0 bridgehead atoms. The van der Waals surface area contributed by atoms with Crippen LogP contribution in [0, 0.1) is 0 Å². The fourth-order valence-corrected chi connectivity index (χ4v) is 1.93. The van der Waals surface area contributed by atoms with Gasteiger partial charge in [0.1, 0.15) is 0 Å². The van der Waals surface area contributed by atoms with Crippen LogP contribution in [0.15, 0.2) is 0 Å². The normalized spacial score (nSPS) is 13.0. The molecule has 0 radical (unpaired) electrons. The zero-order valence-corrected chi connectivity index (χ0v) is 11.4. The highest BCUT2D eigenvalue weighted by Gasteiger charge is 1.98. The second kappa shape index (κ2) is 12.4. The van der Waals surface area contributed by atoms with Crippen molar-refractivity contribution >= 4 is 15.9 Å². The first kappa shape index (κ1) is 15.4. The lowest BCUT2D eigenvalue weighted by Crippen LogP contribution is -1.89. The number of alkyl halides is 2. The maximum absolute atomic E-state index is 12.4. The van der Waals surface area contributed by atoms with Crippen molar-refractivity contribution in [2.24, 2.45) is 0 Å². The fraction of sp³-hybridized carbons (Fsp3) is 1.00. The Bertz CT molecular complexity index is 120. The average molecular weight is 283 g/mol. The highest BCUT2D eigenvalue weighted by atomic mass is 79.9. The van der Waals surface area contributed by atoms with Gasteiger partial charge in [-0.1, -0.05) is 54.5 Å². The van der Waals surface area contributed by atoms with Crippen LogP contribution in [0.25, 0.3) is 0 Å². The van der Waals surface area contributed by atoms with Gasteiger partial charge in [-0.05, 0) is 19.3 Å². The van der Waals surface area contributed by atoms with Crippen LogP contribution >= 0.6 is 15.9 Å². The first-order chi connectivity index (χ1) is 7.27. The molecular formula is C12H24BrFO. The summed E-state index contributed by atoms with van der Waals surface area (Å²) >= 11 is 2.91. The summed E-state index contributed by atoms with van der Waals surface area (Å²) in [7, 11) is 1.75. The summed E-state index contributed by atoms with van der Waals surface area (Å²) in [4.78, 5) is 0. The van der Waals surface area contributed by atoms with Crippen LogP contribution in [0.3, 0.4) is 0 Å². The van der Waals surface area contributed by atoms with E-state index in [0.29, 0.717) is 6.42 Å². The molecule has 15 heavy (non-hydrogen) atoms. The largest absolute Gasteiger partial charge is 0.385 e. The molecule has 1 nitrogen and oxygen atoms in total. The molecule has 1 atom stereocenters. The molecule has 0 aromatic heterocycles. The van der Waals surface area contributed by atoms with E-state index < -0.39 is 5.08 Å². The number of halogens is 2. The molecule has 0 aliphatic heterocycles. The average Bonchev–Trinajstić information content (AvgIpc) is 2.20. The van der Waals surface area contributed by atoms with Crippen LogP contribution in [0.4, 0.5) is 4.39 Å². The Kier molecular flexibility index (Phi) is 12.7. The zero-order chi connectivity index (χ0) is 11.4. The molecule has 0 fully saturated rings. The van der Waals surface area contributed by atoms with E-state index in [1.807, 2.05) is 0 Å². The lowest BCUT2D eigenvalue weighted by atomic mass is 10.1. The smallest absolute Gasteiger partial charge is 0.154 e. The van der Waals surface area contributed by atoms with Gasteiger partial charge < -0.3 is 4.74 Å². The molecule has 0 aromatic carbocycles. The number of rotatable bonds is 11. The first-order valence-corrected chi connectivity index (χ1v) is 6.96. The van der Waals surface area contributed by atoms with Crippen LogP contribution in [0.1, 0.15) is 57.8 Å². The summed E-state index contributed by atoms with van der Waals surface area (Å²) in [6.45, 7) is 0.892. The number of methoxy groups -OCH3 is 1. The van der Waals surface area contributed by atoms with E-state index >= 15 is 0 Å². The van der Waals surface area contributed by atoms with Gasteiger partial charge >= 0.3 is 0 Å². The van der Waals surface area contributed by atoms with Crippen molar-refractivity contribution in [2.45, 2.75) is 62.9 Å². The third kappa shape index (κ3) is 14.4. The summed E-state index contributed by atoms with van der Waals surface area (Å²) in [5.41, 5.74) is 0. The van der Waals surface area contributed by atoms with Crippen LogP contribution in [0.5, 0.6) is 0 Å². The molecule has 0 aromatic rings. The molecule has 0 amide bonds. The van der Waals surface area contributed by atoms with Crippen LogP contribution in [-0.2, 0) is 4.74 Å². The first-order valence-electron chi connectivity index (χ1n) is 6.04. The maximum Gasteiger partial charge on any atom is 0.154 e. The Balaban J connectivity index is 2.87. The minimum atomic E-state index is -0.799. The monoisotopic (exact) mass is 282 g/mol. The van der Waals surface area contributed by atoms with Gasteiger partial charge in [0.2, 0.25) is 0 Å². The lowest BCUT2D eigenvalue weighted by Gasteiger charge is -2.02. The van der Waals surface area contributed by atoms with Crippen molar-refractivity contribution in [1.82, 2.24) is 0 Å². The Hall–Kier alpha value is 0.370. The highest BCUT2D eigenvalue weighted by Crippen LogP contribution is 2.14. The van der Waals surface area contributed by atoms with E-state index in [9.17, 15) is 4.39 Å². The van der Waals surface area contributed by atoms with Gasteiger partial charge in [-0.15, -0.1) is 0 Å². The summed E-state index contributed by atoms with van der Waals surface area (Å²) < 4.78 is 17.3. The molecule has 0 saturated heterocycles. The second-order valence-corrected chi connectivity index (χ2v) is 4.99. The molecule has 0 rings (SSSR count). The molecule has 0 spiro atoms. The van der Waals surface area contributed by atoms with Gasteiger partial charge in [0.25, 0.3) is 0 Å². The predicted molar refractivity (Wildman–Crippen MR) is 67.3 cm³/mol. The molecule has 0 aliphatic rings. The summed E-state index contributed by atoms with van der Waals surface area (Å²) in [5, 5.41) is -0.799. The van der Waals surface area contributed by atoms with Gasteiger partial charge in [-0.3, -0.25) is 0 Å². The van der Waals surface area contributed by atoms with Gasteiger partial charge in [0, 0.05) is 13.7 Å². The van der Waals surface area contributed by atoms with Crippen molar-refractivity contribution < 1.29 is 9.13 Å². The number of unbranched alkanes of at least 4 members (excludes halogenated alkanes) is 7. The van der Waals surface area contributed by atoms with Crippen molar-refractivity contribution in [3.63, 3.8) is 0 Å². The molecule has 0 aliphatic carbocycles. The molecule has 0 heterocycles. The topological polar surface area (TPSA) is 9.23 Å². The van der Waals surface area contributed by atoms with E-state index in [2.05, 4.69) is 15.9 Å². The summed E-state index contributed by atoms with van der Waals surface area (Å²) in [6, 6.07) is 0. The van der Waals surface area contributed by atoms with E-state index in [1.54, 1.807) is 7.11 Å². The molecule has 92 valence electrons. The molecule has 0 N–H and O–H groups in total. The van der Waals surface area contributed by atoms with E-state index in [0.717, 1.165) is 13.0 Å². The van der Waals surface area contributed by atoms with Gasteiger partial charge in [0.05, 0.1) is 0 Å². The van der Waals surface area contributed by atoms with Crippen molar-refractivity contribution in [3.05, 3.63) is 0 Å². The highest BCUT2D eigenvalue weighted by molar-refractivity contribution is 9.09. The molecule has 1 unspecified atom stereocenters. The lowest BCUT2D eigenvalue weighted by molar-refractivity contribution is 0.192. The summed E-state index contributed by atoms with van der Waals surface area (Å²) in [5.74, 6) is 0. The van der Waals surface area contributed by atoms with E-state index in [1.165, 1.54) is 44.9 Å². The van der Waals surface area contributed by atoms with Crippen molar-refractivity contribution in [2.75, 3.05) is 13.7 Å². The van der Waals surface area contributed by atoms with Gasteiger partial charge in [-0.25, -0.2) is 4.39 Å². The maximum atomic E-state index is 12.4. The number of hydrogen-bond acceptors (Lipinski definition) is 1. The standard InChI is InChI=1S/C12H24BrFO/c1-15-11-9-7-5-3-2-4-6-8-10-12(13)14/h12H,2-11H2,1H3. The van der Waals surface area contributed by atoms with Crippen LogP contribution in [-0.4, -0.2) is 18.8 Å². The van der Waals surface area contributed by atoms with Crippen molar-refractivity contribution in [1.29, 1.82) is 0 Å². The Morgan fingerprint density at radius 1 is 0.933 bits per heavy atom. The predicted octanol–water partition coefficient (Wildman–Crippen LogP) is 4.83. The van der Waals surface area contributed by atoms with Gasteiger partial charge in [-0.2, -0.15) is 0 Å². The van der Waals surface area contributed by atoms with Crippen LogP contribution in [0.2, 0.25) is 0 Å². The second-order valence-electron chi connectivity index (χ2n) is 4.00. The minimum Gasteiger partial charge on any atom is -0.385 e. The van der Waals surface area contributed by atoms with Gasteiger partial charge in [0.15, 0.2) is 5.08 Å². The Labute approximate surface area is 102 Å². The van der Waals surface area contributed by atoms with Crippen LogP contribution < -0.4 is 0 Å². The Morgan fingerprint density at radius 3 is 1.87 bits per heavy atom. The summed E-state index contributed by atoms with van der Waals surface area (Å²) in [6.07, 6.45) is 10.5. The molecular weight excluding hydrogens is 259 g/mol. The number of hydrogen-bond donors (Lipinski definition) is 0. The third-order valence-corrected chi connectivity index (χ3v) is 2.98. The van der Waals surface area contributed by atoms with Crippen molar-refractivity contribution in [3.8, 4) is 0 Å². The minimum absolute atomic E-state index is 0.661. The van der Waals surface area contributed by atoms with E-state index in [4.69, 9.17) is 4.74 Å². The fourth-order valence-electron chi connectivity index (χ4n) is 1.61. The number of ether oxygens (including phenoxy) is 1.